The number of carbonyl (C=O) groups is 2. The summed E-state index contributed by atoms with van der Waals surface area (Å²) in [6, 6.07) is 11.7. The van der Waals surface area contributed by atoms with E-state index in [0.717, 1.165) is 27.8 Å². The number of benzene rings is 2. The lowest BCUT2D eigenvalue weighted by Gasteiger charge is -2.33. The normalized spacial score (nSPS) is 12.7. The molecular formula is C24H32FN3O4S. The highest BCUT2D eigenvalue weighted by molar-refractivity contribution is 7.92. The molecule has 1 atom stereocenters. The molecule has 1 N–H and O–H groups in total. The highest BCUT2D eigenvalue weighted by Gasteiger charge is 2.31. The summed E-state index contributed by atoms with van der Waals surface area (Å²) in [6.45, 7) is 8.56. The maximum atomic E-state index is 13.8. The molecule has 9 heteroatoms. The molecule has 0 aromatic heterocycles. The summed E-state index contributed by atoms with van der Waals surface area (Å²) in [5.41, 5.74) is 1.32. The first-order valence-electron chi connectivity index (χ1n) is 10.6. The minimum absolute atomic E-state index is 0.0353. The molecule has 2 aromatic carbocycles. The van der Waals surface area contributed by atoms with Gasteiger partial charge in [-0.1, -0.05) is 35.9 Å². The Hall–Kier alpha value is -2.94. The van der Waals surface area contributed by atoms with Crippen molar-refractivity contribution in [1.82, 2.24) is 10.2 Å². The summed E-state index contributed by atoms with van der Waals surface area (Å²) in [5.74, 6) is -1.56. The molecule has 0 fully saturated rings. The van der Waals surface area contributed by atoms with E-state index in [4.69, 9.17) is 0 Å². The second kappa shape index (κ2) is 10.3. The quantitative estimate of drug-likeness (QED) is 0.633. The van der Waals surface area contributed by atoms with Crippen LogP contribution in [0.3, 0.4) is 0 Å². The molecule has 0 radical (unpaired) electrons. The average Bonchev–Trinajstić information content (AvgIpc) is 2.67. The summed E-state index contributed by atoms with van der Waals surface area (Å²) in [7, 11) is -3.90. The minimum atomic E-state index is -3.90. The molecule has 1 unspecified atom stereocenters. The van der Waals surface area contributed by atoms with Gasteiger partial charge in [-0.05, 0) is 58.4 Å². The van der Waals surface area contributed by atoms with Crippen molar-refractivity contribution in [2.75, 3.05) is 17.1 Å². The van der Waals surface area contributed by atoms with Crippen molar-refractivity contribution in [3.63, 3.8) is 0 Å². The van der Waals surface area contributed by atoms with Crippen LogP contribution in [0.2, 0.25) is 0 Å². The smallest absolute Gasteiger partial charge is 0.244 e. The van der Waals surface area contributed by atoms with Crippen LogP contribution in [0.5, 0.6) is 0 Å². The van der Waals surface area contributed by atoms with Gasteiger partial charge in [-0.2, -0.15) is 0 Å². The van der Waals surface area contributed by atoms with Gasteiger partial charge in [0.25, 0.3) is 0 Å². The molecule has 2 rings (SSSR count). The molecule has 0 spiro atoms. The first-order valence-corrected chi connectivity index (χ1v) is 12.4. The van der Waals surface area contributed by atoms with Gasteiger partial charge in [0.05, 0.1) is 11.9 Å². The maximum absolute atomic E-state index is 13.8. The van der Waals surface area contributed by atoms with E-state index in [-0.39, 0.29) is 18.1 Å². The molecule has 0 saturated carbocycles. The van der Waals surface area contributed by atoms with E-state index in [9.17, 15) is 22.4 Å². The Labute approximate surface area is 195 Å². The van der Waals surface area contributed by atoms with E-state index in [1.165, 1.54) is 23.1 Å². The molecule has 0 aliphatic rings. The Morgan fingerprint density at radius 2 is 1.73 bits per heavy atom. The molecule has 7 nitrogen and oxygen atoms in total. The number of aryl methyl sites for hydroxylation is 1. The molecule has 2 aromatic rings. The summed E-state index contributed by atoms with van der Waals surface area (Å²) in [4.78, 5) is 27.6. The van der Waals surface area contributed by atoms with Crippen LogP contribution < -0.4 is 9.62 Å². The predicted octanol–water partition coefficient (Wildman–Crippen LogP) is 3.23. The zero-order valence-corrected chi connectivity index (χ0v) is 20.7. The molecule has 0 heterocycles. The van der Waals surface area contributed by atoms with Crippen molar-refractivity contribution in [2.24, 2.45) is 0 Å². The number of halogens is 1. The van der Waals surface area contributed by atoms with Gasteiger partial charge in [-0.15, -0.1) is 0 Å². The summed E-state index contributed by atoms with van der Waals surface area (Å²) in [6.07, 6.45) is 0.950. The van der Waals surface area contributed by atoms with Gasteiger partial charge in [0.15, 0.2) is 0 Å². The van der Waals surface area contributed by atoms with Crippen molar-refractivity contribution in [3.8, 4) is 0 Å². The Balaban J connectivity index is 2.41. The first kappa shape index (κ1) is 26.3. The van der Waals surface area contributed by atoms with Crippen LogP contribution in [-0.4, -0.2) is 49.5 Å². The van der Waals surface area contributed by atoms with E-state index in [1.807, 2.05) is 52.0 Å². The molecule has 180 valence electrons. The molecule has 33 heavy (non-hydrogen) atoms. The zero-order chi connectivity index (χ0) is 25.0. The highest BCUT2D eigenvalue weighted by Crippen LogP contribution is 2.20. The van der Waals surface area contributed by atoms with Gasteiger partial charge < -0.3 is 10.2 Å². The summed E-state index contributed by atoms with van der Waals surface area (Å²) >= 11 is 0. The van der Waals surface area contributed by atoms with E-state index in [1.54, 1.807) is 6.92 Å². The summed E-state index contributed by atoms with van der Waals surface area (Å²) < 4.78 is 39.5. The topological polar surface area (TPSA) is 86.8 Å². The Morgan fingerprint density at radius 3 is 2.27 bits per heavy atom. The van der Waals surface area contributed by atoms with Gasteiger partial charge in [0.2, 0.25) is 21.8 Å². The van der Waals surface area contributed by atoms with Crippen molar-refractivity contribution in [3.05, 3.63) is 65.5 Å². The summed E-state index contributed by atoms with van der Waals surface area (Å²) in [5, 5.41) is 2.86. The van der Waals surface area contributed by atoms with Crippen molar-refractivity contribution < 1.29 is 22.4 Å². The number of hydrogen-bond acceptors (Lipinski definition) is 4. The third-order valence-electron chi connectivity index (χ3n) is 4.88. The standard InChI is InChI=1S/C24H32FN3O4S/c1-17-9-7-10-19(13-17)15-27(18(2)23(30)26-24(3,4)5)22(29)16-28(33(6,31)32)21-12-8-11-20(25)14-21/h7-14,18H,15-16H2,1-6H3,(H,26,30). The number of rotatable bonds is 8. The van der Waals surface area contributed by atoms with Gasteiger partial charge in [0.1, 0.15) is 18.4 Å². The molecule has 0 aliphatic carbocycles. The number of sulfonamides is 1. The fourth-order valence-electron chi connectivity index (χ4n) is 3.31. The van der Waals surface area contributed by atoms with E-state index >= 15 is 0 Å². The van der Waals surface area contributed by atoms with Crippen LogP contribution in [0.1, 0.15) is 38.8 Å². The minimum Gasteiger partial charge on any atom is -0.350 e. The molecule has 0 saturated heterocycles. The van der Waals surface area contributed by atoms with Gasteiger partial charge >= 0.3 is 0 Å². The zero-order valence-electron chi connectivity index (χ0n) is 19.9. The number of amides is 2. The largest absolute Gasteiger partial charge is 0.350 e. The first-order chi connectivity index (χ1) is 15.2. The Bertz CT molecular complexity index is 1110. The lowest BCUT2D eigenvalue weighted by atomic mass is 10.1. The van der Waals surface area contributed by atoms with Crippen molar-refractivity contribution >= 4 is 27.5 Å². The average molecular weight is 478 g/mol. The van der Waals surface area contributed by atoms with Gasteiger partial charge in [-0.25, -0.2) is 12.8 Å². The fraction of sp³-hybridized carbons (Fsp3) is 0.417. The predicted molar refractivity (Wildman–Crippen MR) is 128 cm³/mol. The van der Waals surface area contributed by atoms with E-state index < -0.39 is 39.9 Å². The third kappa shape index (κ3) is 7.85. The number of hydrogen-bond donors (Lipinski definition) is 1. The van der Waals surface area contributed by atoms with Gasteiger partial charge in [0, 0.05) is 12.1 Å². The third-order valence-corrected chi connectivity index (χ3v) is 6.02. The highest BCUT2D eigenvalue weighted by atomic mass is 32.2. The second-order valence-electron chi connectivity index (χ2n) is 9.18. The Kier molecular flexibility index (Phi) is 8.24. The number of anilines is 1. The van der Waals surface area contributed by atoms with Crippen LogP contribution in [0.25, 0.3) is 0 Å². The van der Waals surface area contributed by atoms with E-state index in [2.05, 4.69) is 5.32 Å². The maximum Gasteiger partial charge on any atom is 0.244 e. The Morgan fingerprint density at radius 1 is 1.09 bits per heavy atom. The van der Waals surface area contributed by atoms with Crippen molar-refractivity contribution in [2.45, 2.75) is 52.7 Å². The molecule has 0 aliphatic heterocycles. The molecular weight excluding hydrogens is 445 g/mol. The van der Waals surface area contributed by atoms with Crippen molar-refractivity contribution in [1.29, 1.82) is 0 Å². The number of nitrogens with zero attached hydrogens (tertiary/aromatic N) is 2. The van der Waals surface area contributed by atoms with Crippen LogP contribution in [-0.2, 0) is 26.2 Å². The fourth-order valence-corrected chi connectivity index (χ4v) is 4.15. The number of carbonyl (C=O) groups excluding carboxylic acids is 2. The second-order valence-corrected chi connectivity index (χ2v) is 11.1. The monoisotopic (exact) mass is 477 g/mol. The van der Waals surface area contributed by atoms with Gasteiger partial charge in [-0.3, -0.25) is 13.9 Å². The van der Waals surface area contributed by atoms with E-state index in [0.29, 0.717) is 0 Å². The van der Waals surface area contributed by atoms with Crippen LogP contribution in [0, 0.1) is 12.7 Å². The lowest BCUT2D eigenvalue weighted by molar-refractivity contribution is -0.140. The molecule has 0 bridgehead atoms. The number of nitrogens with one attached hydrogen (secondary N) is 1. The molecule has 2 amide bonds. The lowest BCUT2D eigenvalue weighted by Crippen LogP contribution is -2.54. The van der Waals surface area contributed by atoms with Crippen LogP contribution in [0.4, 0.5) is 10.1 Å². The SMILES string of the molecule is Cc1cccc(CN(C(=O)CN(c2cccc(F)c2)S(C)(=O)=O)C(C)C(=O)NC(C)(C)C)c1. The van der Waals surface area contributed by atoms with Crippen LogP contribution >= 0.6 is 0 Å². The van der Waals surface area contributed by atoms with Crippen LogP contribution in [0.15, 0.2) is 48.5 Å².